The van der Waals surface area contributed by atoms with Gasteiger partial charge in [0.05, 0.1) is 5.52 Å². The molecule has 0 unspecified atom stereocenters. The van der Waals surface area contributed by atoms with Crippen LogP contribution in [-0.2, 0) is 11.2 Å². The van der Waals surface area contributed by atoms with Gasteiger partial charge in [-0.25, -0.2) is 0 Å². The standard InChI is InChI=1S/C15H16N2O/c18-15(17-13-7-8-13)10-9-12-6-5-11-3-1-2-4-14(11)16-12/h1-6,13H,7-10H2,(H,17,18). The normalized spacial score (nSPS) is 14.7. The summed E-state index contributed by atoms with van der Waals surface area (Å²) in [5.74, 6) is 0.146. The summed E-state index contributed by atoms with van der Waals surface area (Å²) in [5, 5.41) is 4.14. The lowest BCUT2D eigenvalue weighted by Crippen LogP contribution is -2.25. The Balaban J connectivity index is 1.64. The van der Waals surface area contributed by atoms with Crippen molar-refractivity contribution in [3.05, 3.63) is 42.1 Å². The second-order valence-corrected chi connectivity index (χ2v) is 4.84. The first kappa shape index (κ1) is 11.2. The molecule has 18 heavy (non-hydrogen) atoms. The summed E-state index contributed by atoms with van der Waals surface area (Å²) >= 11 is 0. The van der Waals surface area contributed by atoms with Gasteiger partial charge in [0.2, 0.25) is 5.91 Å². The molecule has 1 saturated carbocycles. The van der Waals surface area contributed by atoms with Gasteiger partial charge in [0.25, 0.3) is 0 Å². The molecule has 0 saturated heterocycles. The number of nitrogens with one attached hydrogen (secondary N) is 1. The van der Waals surface area contributed by atoms with Gasteiger partial charge in [-0.2, -0.15) is 0 Å². The Morgan fingerprint density at radius 2 is 2.06 bits per heavy atom. The first-order valence-corrected chi connectivity index (χ1v) is 6.45. The monoisotopic (exact) mass is 240 g/mol. The summed E-state index contributed by atoms with van der Waals surface area (Å²) in [6.07, 6.45) is 3.52. The minimum absolute atomic E-state index is 0.146. The number of carbonyl (C=O) groups excluding carboxylic acids is 1. The van der Waals surface area contributed by atoms with Gasteiger partial charge in [0, 0.05) is 23.5 Å². The van der Waals surface area contributed by atoms with Gasteiger partial charge in [-0.1, -0.05) is 24.3 Å². The molecule has 0 aliphatic heterocycles. The Hall–Kier alpha value is -1.90. The number of aryl methyl sites for hydroxylation is 1. The Bertz CT molecular complexity index is 575. The van der Waals surface area contributed by atoms with E-state index in [1.165, 1.54) is 0 Å². The van der Waals surface area contributed by atoms with Crippen LogP contribution in [0.5, 0.6) is 0 Å². The van der Waals surface area contributed by atoms with Gasteiger partial charge in [-0.05, 0) is 31.4 Å². The maximum absolute atomic E-state index is 11.6. The van der Waals surface area contributed by atoms with E-state index in [1.54, 1.807) is 0 Å². The Morgan fingerprint density at radius 1 is 1.22 bits per heavy atom. The maximum atomic E-state index is 11.6. The van der Waals surface area contributed by atoms with E-state index in [4.69, 9.17) is 0 Å². The SMILES string of the molecule is O=C(CCc1ccc2ccccc2n1)NC1CC1. The van der Waals surface area contributed by atoms with Gasteiger partial charge in [0.1, 0.15) is 0 Å². The fraction of sp³-hybridized carbons (Fsp3) is 0.333. The van der Waals surface area contributed by atoms with Crippen LogP contribution < -0.4 is 5.32 Å². The van der Waals surface area contributed by atoms with E-state index in [9.17, 15) is 4.79 Å². The van der Waals surface area contributed by atoms with E-state index < -0.39 is 0 Å². The van der Waals surface area contributed by atoms with Crippen LogP contribution in [0.25, 0.3) is 10.9 Å². The number of aromatic nitrogens is 1. The predicted octanol–water partition coefficient (Wildman–Crippen LogP) is 2.45. The molecular weight excluding hydrogens is 224 g/mol. The number of para-hydroxylation sites is 1. The van der Waals surface area contributed by atoms with Gasteiger partial charge < -0.3 is 5.32 Å². The maximum Gasteiger partial charge on any atom is 0.220 e. The highest BCUT2D eigenvalue weighted by Crippen LogP contribution is 2.19. The van der Waals surface area contributed by atoms with E-state index in [2.05, 4.69) is 16.4 Å². The highest BCUT2D eigenvalue weighted by atomic mass is 16.1. The van der Waals surface area contributed by atoms with E-state index in [1.807, 2.05) is 30.3 Å². The Morgan fingerprint density at radius 3 is 2.89 bits per heavy atom. The van der Waals surface area contributed by atoms with Crippen molar-refractivity contribution in [1.29, 1.82) is 0 Å². The molecule has 1 aliphatic carbocycles. The minimum Gasteiger partial charge on any atom is -0.353 e. The van der Waals surface area contributed by atoms with Gasteiger partial charge in [-0.3, -0.25) is 9.78 Å². The predicted molar refractivity (Wildman–Crippen MR) is 71.2 cm³/mol. The molecule has 3 heteroatoms. The van der Waals surface area contributed by atoms with Crippen LogP contribution in [0, 0.1) is 0 Å². The molecule has 1 heterocycles. The molecule has 1 aromatic carbocycles. The summed E-state index contributed by atoms with van der Waals surface area (Å²) < 4.78 is 0. The second kappa shape index (κ2) is 4.77. The zero-order valence-electron chi connectivity index (χ0n) is 10.2. The molecule has 3 nitrogen and oxygen atoms in total. The molecule has 1 fully saturated rings. The first-order valence-electron chi connectivity index (χ1n) is 6.45. The third kappa shape index (κ3) is 2.67. The quantitative estimate of drug-likeness (QED) is 0.892. The molecule has 1 aromatic heterocycles. The number of amides is 1. The van der Waals surface area contributed by atoms with Crippen LogP contribution in [0.3, 0.4) is 0 Å². The van der Waals surface area contributed by atoms with Crippen molar-refractivity contribution in [1.82, 2.24) is 10.3 Å². The summed E-state index contributed by atoms with van der Waals surface area (Å²) in [4.78, 5) is 16.2. The number of rotatable bonds is 4. The summed E-state index contributed by atoms with van der Waals surface area (Å²) in [5.41, 5.74) is 1.98. The third-order valence-electron chi connectivity index (χ3n) is 3.21. The highest BCUT2D eigenvalue weighted by molar-refractivity contribution is 5.79. The van der Waals surface area contributed by atoms with Crippen LogP contribution in [-0.4, -0.2) is 16.9 Å². The summed E-state index contributed by atoms with van der Waals surface area (Å²) in [6, 6.07) is 12.6. The zero-order valence-corrected chi connectivity index (χ0v) is 10.2. The Kier molecular flexibility index (Phi) is 2.97. The Labute approximate surface area is 106 Å². The molecule has 1 aliphatic rings. The van der Waals surface area contributed by atoms with Crippen LogP contribution in [0.15, 0.2) is 36.4 Å². The van der Waals surface area contributed by atoms with E-state index in [0.29, 0.717) is 18.9 Å². The van der Waals surface area contributed by atoms with E-state index in [-0.39, 0.29) is 5.91 Å². The molecule has 0 bridgehead atoms. The minimum atomic E-state index is 0.146. The van der Waals surface area contributed by atoms with Crippen molar-refractivity contribution in [3.63, 3.8) is 0 Å². The van der Waals surface area contributed by atoms with Crippen molar-refractivity contribution in [2.24, 2.45) is 0 Å². The molecule has 2 aromatic rings. The number of nitrogens with zero attached hydrogens (tertiary/aromatic N) is 1. The smallest absolute Gasteiger partial charge is 0.220 e. The fourth-order valence-corrected chi connectivity index (χ4v) is 2.02. The molecule has 3 rings (SSSR count). The van der Waals surface area contributed by atoms with Crippen LogP contribution >= 0.6 is 0 Å². The van der Waals surface area contributed by atoms with Crippen molar-refractivity contribution in [2.75, 3.05) is 0 Å². The van der Waals surface area contributed by atoms with E-state index in [0.717, 1.165) is 29.4 Å². The number of pyridine rings is 1. The van der Waals surface area contributed by atoms with E-state index >= 15 is 0 Å². The molecule has 0 atom stereocenters. The molecular formula is C15H16N2O. The molecule has 0 radical (unpaired) electrons. The second-order valence-electron chi connectivity index (χ2n) is 4.84. The number of hydrogen-bond donors (Lipinski definition) is 1. The molecule has 1 N–H and O–H groups in total. The number of hydrogen-bond acceptors (Lipinski definition) is 2. The largest absolute Gasteiger partial charge is 0.353 e. The first-order chi connectivity index (χ1) is 8.81. The summed E-state index contributed by atoms with van der Waals surface area (Å²) in [6.45, 7) is 0. The lowest BCUT2D eigenvalue weighted by molar-refractivity contribution is -0.121. The van der Waals surface area contributed by atoms with Crippen molar-refractivity contribution >= 4 is 16.8 Å². The topological polar surface area (TPSA) is 42.0 Å². The van der Waals surface area contributed by atoms with Gasteiger partial charge in [-0.15, -0.1) is 0 Å². The number of fused-ring (bicyclic) bond motifs is 1. The van der Waals surface area contributed by atoms with Crippen LogP contribution in [0.1, 0.15) is 25.0 Å². The van der Waals surface area contributed by atoms with Crippen molar-refractivity contribution < 1.29 is 4.79 Å². The van der Waals surface area contributed by atoms with Crippen LogP contribution in [0.2, 0.25) is 0 Å². The van der Waals surface area contributed by atoms with Crippen molar-refractivity contribution in [3.8, 4) is 0 Å². The van der Waals surface area contributed by atoms with Crippen molar-refractivity contribution in [2.45, 2.75) is 31.7 Å². The van der Waals surface area contributed by atoms with Crippen LogP contribution in [0.4, 0.5) is 0 Å². The number of benzene rings is 1. The lowest BCUT2D eigenvalue weighted by Gasteiger charge is -2.04. The average Bonchev–Trinajstić information content (AvgIpc) is 3.20. The number of carbonyl (C=O) groups is 1. The fourth-order valence-electron chi connectivity index (χ4n) is 2.02. The summed E-state index contributed by atoms with van der Waals surface area (Å²) in [7, 11) is 0. The highest BCUT2D eigenvalue weighted by Gasteiger charge is 2.22. The molecule has 92 valence electrons. The average molecular weight is 240 g/mol. The lowest BCUT2D eigenvalue weighted by atomic mass is 10.1. The molecule has 1 amide bonds. The third-order valence-corrected chi connectivity index (χ3v) is 3.21. The molecule has 0 spiro atoms. The van der Waals surface area contributed by atoms with Gasteiger partial charge in [0.15, 0.2) is 0 Å². The van der Waals surface area contributed by atoms with Gasteiger partial charge >= 0.3 is 0 Å². The zero-order chi connectivity index (χ0) is 12.4.